The van der Waals surface area contributed by atoms with Crippen LogP contribution in [0, 0.1) is 13.8 Å². The highest BCUT2D eigenvalue weighted by molar-refractivity contribution is 5.75. The Kier molecular flexibility index (Phi) is 3.77. The topological polar surface area (TPSA) is 63.1 Å². The number of aliphatic carboxylic acids is 1. The third-order valence-electron chi connectivity index (χ3n) is 2.22. The first-order valence-electron chi connectivity index (χ1n) is 5.09. The highest BCUT2D eigenvalue weighted by Gasteiger charge is 2.20. The molecule has 1 N–H and O–H groups in total. The van der Waals surface area contributed by atoms with Gasteiger partial charge in [0, 0.05) is 5.69 Å². The normalized spacial score (nSPS) is 12.5. The van der Waals surface area contributed by atoms with Gasteiger partial charge in [-0.25, -0.2) is 9.97 Å². The second-order valence-electron chi connectivity index (χ2n) is 3.66. The molecule has 0 aliphatic rings. The average molecular weight is 208 g/mol. The predicted octanol–water partition coefficient (Wildman–Crippen LogP) is 2.06. The fraction of sp³-hybridized carbons (Fsp3) is 0.545. The fourth-order valence-corrected chi connectivity index (χ4v) is 1.61. The molecule has 15 heavy (non-hydrogen) atoms. The Hall–Kier alpha value is -1.45. The molecule has 0 fully saturated rings. The largest absolute Gasteiger partial charge is 0.481 e. The smallest absolute Gasteiger partial charge is 0.312 e. The summed E-state index contributed by atoms with van der Waals surface area (Å²) in [7, 11) is 0. The first-order valence-corrected chi connectivity index (χ1v) is 5.09. The molecule has 0 aliphatic heterocycles. The molecule has 1 rings (SSSR count). The molecule has 4 heteroatoms. The number of nitrogens with zero attached hydrogens (tertiary/aromatic N) is 2. The zero-order chi connectivity index (χ0) is 11.4. The van der Waals surface area contributed by atoms with Crippen molar-refractivity contribution in [1.29, 1.82) is 0 Å². The summed E-state index contributed by atoms with van der Waals surface area (Å²) in [5, 5.41) is 9.08. The van der Waals surface area contributed by atoms with Crippen LogP contribution in [0.5, 0.6) is 0 Å². The molecule has 0 saturated heterocycles. The van der Waals surface area contributed by atoms with E-state index in [0.29, 0.717) is 17.9 Å². The third kappa shape index (κ3) is 3.01. The van der Waals surface area contributed by atoms with Crippen molar-refractivity contribution in [3.05, 3.63) is 23.3 Å². The SMILES string of the molecule is CCCC(C(=O)O)c1cc(C)nc(C)n1. The summed E-state index contributed by atoms with van der Waals surface area (Å²) in [5.74, 6) is -0.683. The number of hydrogen-bond donors (Lipinski definition) is 1. The highest BCUT2D eigenvalue weighted by Crippen LogP contribution is 2.20. The zero-order valence-corrected chi connectivity index (χ0v) is 9.32. The van der Waals surface area contributed by atoms with Gasteiger partial charge in [0.2, 0.25) is 0 Å². The number of hydrogen-bond acceptors (Lipinski definition) is 3. The third-order valence-corrected chi connectivity index (χ3v) is 2.22. The molecule has 1 aromatic heterocycles. The number of carboxylic acid groups (broad SMARTS) is 1. The second-order valence-corrected chi connectivity index (χ2v) is 3.66. The zero-order valence-electron chi connectivity index (χ0n) is 9.32. The summed E-state index contributed by atoms with van der Waals surface area (Å²) in [5.41, 5.74) is 1.44. The maximum Gasteiger partial charge on any atom is 0.312 e. The van der Waals surface area contributed by atoms with Crippen LogP contribution in [-0.4, -0.2) is 21.0 Å². The van der Waals surface area contributed by atoms with Crippen LogP contribution in [0.15, 0.2) is 6.07 Å². The predicted molar refractivity (Wildman–Crippen MR) is 56.8 cm³/mol. The quantitative estimate of drug-likeness (QED) is 0.822. The Morgan fingerprint density at radius 3 is 2.60 bits per heavy atom. The number of rotatable bonds is 4. The first-order chi connectivity index (χ1) is 7.04. The molecule has 1 heterocycles. The van der Waals surface area contributed by atoms with E-state index in [9.17, 15) is 4.79 Å². The van der Waals surface area contributed by atoms with Crippen LogP contribution in [-0.2, 0) is 4.79 Å². The molecule has 0 radical (unpaired) electrons. The minimum absolute atomic E-state index is 0.504. The van der Waals surface area contributed by atoms with E-state index in [1.165, 1.54) is 0 Å². The number of aromatic nitrogens is 2. The van der Waals surface area contributed by atoms with Gasteiger partial charge in [-0.05, 0) is 26.3 Å². The Morgan fingerprint density at radius 2 is 2.13 bits per heavy atom. The van der Waals surface area contributed by atoms with Crippen molar-refractivity contribution in [3.8, 4) is 0 Å². The van der Waals surface area contributed by atoms with Gasteiger partial charge in [-0.3, -0.25) is 4.79 Å². The maximum atomic E-state index is 11.1. The van der Waals surface area contributed by atoms with Gasteiger partial charge in [0.1, 0.15) is 5.82 Å². The highest BCUT2D eigenvalue weighted by atomic mass is 16.4. The van der Waals surface area contributed by atoms with Gasteiger partial charge in [-0.15, -0.1) is 0 Å². The van der Waals surface area contributed by atoms with Crippen LogP contribution in [0.1, 0.15) is 42.9 Å². The second kappa shape index (κ2) is 4.87. The molecule has 0 saturated carbocycles. The van der Waals surface area contributed by atoms with Crippen LogP contribution < -0.4 is 0 Å². The van der Waals surface area contributed by atoms with Gasteiger partial charge in [0.15, 0.2) is 0 Å². The minimum atomic E-state index is -0.811. The summed E-state index contributed by atoms with van der Waals surface area (Å²) in [4.78, 5) is 19.4. The van der Waals surface area contributed by atoms with Crippen molar-refractivity contribution < 1.29 is 9.90 Å². The van der Waals surface area contributed by atoms with Crippen LogP contribution >= 0.6 is 0 Å². The standard InChI is InChI=1S/C11H16N2O2/c1-4-5-9(11(14)15)10-6-7(2)12-8(3)13-10/h6,9H,4-5H2,1-3H3,(H,14,15). The van der Waals surface area contributed by atoms with E-state index in [1.807, 2.05) is 13.8 Å². The first kappa shape index (κ1) is 11.6. The molecular weight excluding hydrogens is 192 g/mol. The minimum Gasteiger partial charge on any atom is -0.481 e. The summed E-state index contributed by atoms with van der Waals surface area (Å²) in [6, 6.07) is 1.75. The molecule has 0 bridgehead atoms. The van der Waals surface area contributed by atoms with Crippen LogP contribution in [0.3, 0.4) is 0 Å². The van der Waals surface area contributed by atoms with Crippen molar-refractivity contribution in [2.75, 3.05) is 0 Å². The summed E-state index contributed by atoms with van der Waals surface area (Å²) in [6.07, 6.45) is 1.45. The van der Waals surface area contributed by atoms with Gasteiger partial charge in [-0.1, -0.05) is 13.3 Å². The number of aryl methyl sites for hydroxylation is 2. The van der Waals surface area contributed by atoms with Crippen LogP contribution in [0.4, 0.5) is 0 Å². The van der Waals surface area contributed by atoms with Gasteiger partial charge in [0.05, 0.1) is 11.6 Å². The van der Waals surface area contributed by atoms with E-state index in [-0.39, 0.29) is 0 Å². The molecule has 4 nitrogen and oxygen atoms in total. The van der Waals surface area contributed by atoms with Crippen molar-refractivity contribution in [2.45, 2.75) is 39.5 Å². The Balaban J connectivity index is 3.05. The Labute approximate surface area is 89.4 Å². The Morgan fingerprint density at radius 1 is 1.47 bits per heavy atom. The molecule has 0 amide bonds. The molecule has 1 aromatic rings. The fourth-order valence-electron chi connectivity index (χ4n) is 1.61. The van der Waals surface area contributed by atoms with Gasteiger partial charge < -0.3 is 5.11 Å². The number of carbonyl (C=O) groups is 1. The Bertz CT molecular complexity index is 343. The molecule has 82 valence electrons. The molecule has 0 aromatic carbocycles. The number of carboxylic acids is 1. The van der Waals surface area contributed by atoms with E-state index in [0.717, 1.165) is 12.1 Å². The average Bonchev–Trinajstić information content (AvgIpc) is 2.11. The lowest BCUT2D eigenvalue weighted by Gasteiger charge is -2.11. The van der Waals surface area contributed by atoms with E-state index >= 15 is 0 Å². The van der Waals surface area contributed by atoms with Crippen molar-refractivity contribution >= 4 is 5.97 Å². The van der Waals surface area contributed by atoms with Crippen molar-refractivity contribution in [3.63, 3.8) is 0 Å². The monoisotopic (exact) mass is 208 g/mol. The summed E-state index contributed by atoms with van der Waals surface area (Å²) < 4.78 is 0. The van der Waals surface area contributed by atoms with E-state index in [1.54, 1.807) is 13.0 Å². The molecular formula is C11H16N2O2. The van der Waals surface area contributed by atoms with Crippen LogP contribution in [0.25, 0.3) is 0 Å². The van der Waals surface area contributed by atoms with E-state index < -0.39 is 11.9 Å². The lowest BCUT2D eigenvalue weighted by Crippen LogP contribution is -2.14. The van der Waals surface area contributed by atoms with Crippen LogP contribution in [0.2, 0.25) is 0 Å². The van der Waals surface area contributed by atoms with Gasteiger partial charge in [-0.2, -0.15) is 0 Å². The summed E-state index contributed by atoms with van der Waals surface area (Å²) >= 11 is 0. The van der Waals surface area contributed by atoms with E-state index in [2.05, 4.69) is 9.97 Å². The van der Waals surface area contributed by atoms with E-state index in [4.69, 9.17) is 5.11 Å². The van der Waals surface area contributed by atoms with Gasteiger partial charge in [0.25, 0.3) is 0 Å². The molecule has 1 unspecified atom stereocenters. The van der Waals surface area contributed by atoms with Gasteiger partial charge >= 0.3 is 5.97 Å². The summed E-state index contributed by atoms with van der Waals surface area (Å²) in [6.45, 7) is 5.60. The molecule has 0 aliphatic carbocycles. The molecule has 1 atom stereocenters. The lowest BCUT2D eigenvalue weighted by molar-refractivity contribution is -0.139. The maximum absolute atomic E-state index is 11.1. The lowest BCUT2D eigenvalue weighted by atomic mass is 9.99. The van der Waals surface area contributed by atoms with Crippen molar-refractivity contribution in [1.82, 2.24) is 9.97 Å². The molecule has 0 spiro atoms. The van der Waals surface area contributed by atoms with Crippen molar-refractivity contribution in [2.24, 2.45) is 0 Å².